The van der Waals surface area contributed by atoms with E-state index in [9.17, 15) is 4.79 Å². The van der Waals surface area contributed by atoms with Gasteiger partial charge in [-0.3, -0.25) is 14.4 Å². The highest BCUT2D eigenvalue weighted by Crippen LogP contribution is 2.24. The van der Waals surface area contributed by atoms with Crippen molar-refractivity contribution in [3.05, 3.63) is 41.6 Å². The summed E-state index contributed by atoms with van der Waals surface area (Å²) in [6, 6.07) is 6.31. The molecule has 0 radical (unpaired) electrons. The number of nitrogens with one attached hydrogen (secondary N) is 1. The number of methoxy groups -OCH3 is 1. The van der Waals surface area contributed by atoms with Gasteiger partial charge in [-0.1, -0.05) is 0 Å². The number of carbonyl (C=O) groups excluding carboxylic acids is 1. The Morgan fingerprint density at radius 2 is 2.33 bits per heavy atom. The Labute approximate surface area is 141 Å². The van der Waals surface area contributed by atoms with E-state index < -0.39 is 0 Å². The van der Waals surface area contributed by atoms with Gasteiger partial charge in [-0.05, 0) is 31.5 Å². The van der Waals surface area contributed by atoms with Crippen molar-refractivity contribution in [1.29, 1.82) is 0 Å². The molecule has 1 amide bonds. The minimum absolute atomic E-state index is 0.0862. The van der Waals surface area contributed by atoms with E-state index in [-0.39, 0.29) is 18.6 Å². The van der Waals surface area contributed by atoms with Gasteiger partial charge in [0.25, 0.3) is 0 Å². The van der Waals surface area contributed by atoms with Gasteiger partial charge in [0, 0.05) is 32.9 Å². The van der Waals surface area contributed by atoms with E-state index in [0.29, 0.717) is 6.54 Å². The zero-order valence-electron chi connectivity index (χ0n) is 14.2. The minimum Gasteiger partial charge on any atom is -0.465 e. The van der Waals surface area contributed by atoms with Crippen LogP contribution in [0.5, 0.6) is 0 Å². The van der Waals surface area contributed by atoms with E-state index >= 15 is 0 Å². The molecule has 3 rings (SSSR count). The zero-order valence-corrected chi connectivity index (χ0v) is 14.2. The first-order chi connectivity index (χ1) is 11.7. The Balaban J connectivity index is 1.60. The molecule has 1 N–H and O–H groups in total. The predicted molar refractivity (Wildman–Crippen MR) is 88.3 cm³/mol. The minimum atomic E-state index is -0.0862. The number of furan rings is 1. The molecule has 2 aromatic rings. The van der Waals surface area contributed by atoms with Crippen molar-refractivity contribution in [2.75, 3.05) is 26.8 Å². The predicted octanol–water partition coefficient (Wildman–Crippen LogP) is 1.49. The van der Waals surface area contributed by atoms with Crippen LogP contribution in [0.3, 0.4) is 0 Å². The summed E-state index contributed by atoms with van der Waals surface area (Å²) in [6.45, 7) is 5.19. The molecule has 1 atom stereocenters. The Morgan fingerprint density at radius 3 is 3.08 bits per heavy atom. The molecule has 24 heavy (non-hydrogen) atoms. The molecule has 0 aromatic carbocycles. The molecule has 0 spiro atoms. The number of hydrogen-bond acceptors (Lipinski definition) is 5. The first-order valence-electron chi connectivity index (χ1n) is 8.21. The molecule has 0 fully saturated rings. The zero-order chi connectivity index (χ0) is 16.9. The molecule has 1 aliphatic rings. The van der Waals surface area contributed by atoms with E-state index in [4.69, 9.17) is 9.15 Å². The molecule has 1 aliphatic heterocycles. The van der Waals surface area contributed by atoms with E-state index in [1.165, 1.54) is 12.8 Å². The van der Waals surface area contributed by atoms with Gasteiger partial charge >= 0.3 is 0 Å². The Morgan fingerprint density at radius 1 is 1.46 bits per heavy atom. The third-order valence-corrected chi connectivity index (χ3v) is 4.20. The summed E-state index contributed by atoms with van der Waals surface area (Å²) < 4.78 is 12.6. The average molecular weight is 332 g/mol. The number of nitrogens with zero attached hydrogens (tertiary/aromatic N) is 3. The summed E-state index contributed by atoms with van der Waals surface area (Å²) in [5, 5.41) is 7.33. The topological polar surface area (TPSA) is 72.5 Å². The number of aryl methyl sites for hydroxylation is 1. The summed E-state index contributed by atoms with van der Waals surface area (Å²) in [6.07, 6.45) is 2.67. The second-order valence-electron chi connectivity index (χ2n) is 6.17. The summed E-state index contributed by atoms with van der Waals surface area (Å²) >= 11 is 0. The van der Waals surface area contributed by atoms with E-state index in [1.807, 2.05) is 25.3 Å². The highest BCUT2D eigenvalue weighted by molar-refractivity contribution is 5.77. The molecule has 0 saturated heterocycles. The van der Waals surface area contributed by atoms with Crippen LogP contribution in [0.15, 0.2) is 28.8 Å². The molecule has 2 aromatic heterocycles. The summed E-state index contributed by atoms with van der Waals surface area (Å²) in [7, 11) is 1.52. The molecule has 0 bridgehead atoms. The normalized spacial score (nSPS) is 17.7. The molecule has 7 heteroatoms. The lowest BCUT2D eigenvalue weighted by molar-refractivity contribution is -0.124. The fourth-order valence-electron chi connectivity index (χ4n) is 3.15. The van der Waals surface area contributed by atoms with Gasteiger partial charge in [-0.15, -0.1) is 0 Å². The second-order valence-corrected chi connectivity index (χ2v) is 6.17. The van der Waals surface area contributed by atoms with Crippen LogP contribution in [-0.4, -0.2) is 47.4 Å². The van der Waals surface area contributed by atoms with Crippen molar-refractivity contribution < 1.29 is 13.9 Å². The number of rotatable bonds is 7. The second kappa shape index (κ2) is 7.63. The molecule has 0 saturated carbocycles. The van der Waals surface area contributed by atoms with Crippen LogP contribution in [0.25, 0.3) is 0 Å². The van der Waals surface area contributed by atoms with Crippen LogP contribution in [0.4, 0.5) is 0 Å². The fourth-order valence-corrected chi connectivity index (χ4v) is 3.15. The van der Waals surface area contributed by atoms with Gasteiger partial charge in [-0.2, -0.15) is 5.10 Å². The number of hydrogen-bond donors (Lipinski definition) is 1. The van der Waals surface area contributed by atoms with E-state index in [1.54, 1.807) is 0 Å². The molecule has 0 unspecified atom stereocenters. The van der Waals surface area contributed by atoms with Crippen molar-refractivity contribution in [2.45, 2.75) is 32.5 Å². The van der Waals surface area contributed by atoms with Crippen LogP contribution in [0.1, 0.15) is 29.7 Å². The third-order valence-electron chi connectivity index (χ3n) is 4.20. The smallest absolute Gasteiger partial charge is 0.245 e. The van der Waals surface area contributed by atoms with Gasteiger partial charge in [0.2, 0.25) is 5.91 Å². The van der Waals surface area contributed by atoms with E-state index in [0.717, 1.165) is 37.6 Å². The van der Waals surface area contributed by atoms with Crippen LogP contribution in [0, 0.1) is 6.92 Å². The number of aromatic nitrogens is 2. The van der Waals surface area contributed by atoms with Crippen LogP contribution in [0.2, 0.25) is 0 Å². The number of fused-ring (bicyclic) bond motifs is 1. The quantitative estimate of drug-likeness (QED) is 0.832. The maximum Gasteiger partial charge on any atom is 0.245 e. The summed E-state index contributed by atoms with van der Waals surface area (Å²) in [5.41, 5.74) is 1.19. The van der Waals surface area contributed by atoms with Gasteiger partial charge in [0.15, 0.2) is 0 Å². The first-order valence-corrected chi connectivity index (χ1v) is 8.21. The highest BCUT2D eigenvalue weighted by Gasteiger charge is 2.26. The van der Waals surface area contributed by atoms with Gasteiger partial charge in [0.1, 0.15) is 18.1 Å². The largest absolute Gasteiger partial charge is 0.465 e. The van der Waals surface area contributed by atoms with Crippen molar-refractivity contribution >= 4 is 5.91 Å². The number of ether oxygens (including phenoxy) is 1. The lowest BCUT2D eigenvalue weighted by Crippen LogP contribution is -2.39. The van der Waals surface area contributed by atoms with Gasteiger partial charge in [0.05, 0.1) is 18.3 Å². The van der Waals surface area contributed by atoms with E-state index in [2.05, 4.69) is 26.1 Å². The highest BCUT2D eigenvalue weighted by atomic mass is 16.5. The molecular formula is C17H24N4O3. The summed E-state index contributed by atoms with van der Waals surface area (Å²) in [4.78, 5) is 13.9. The number of carbonyl (C=O) groups is 1. The SMILES string of the molecule is COCC(=O)NCC[C@@H]1CN(Cc2ccc(C)o2)Cc2ccnn21. The monoisotopic (exact) mass is 332 g/mol. The molecule has 7 nitrogen and oxygen atoms in total. The third kappa shape index (κ3) is 4.04. The lowest BCUT2D eigenvalue weighted by Gasteiger charge is -2.33. The fraction of sp³-hybridized carbons (Fsp3) is 0.529. The van der Waals surface area contributed by atoms with Crippen LogP contribution in [-0.2, 0) is 22.6 Å². The number of amides is 1. The average Bonchev–Trinajstić information content (AvgIpc) is 3.16. The van der Waals surface area contributed by atoms with Gasteiger partial charge in [-0.25, -0.2) is 0 Å². The maximum absolute atomic E-state index is 11.5. The Hall–Kier alpha value is -2.12. The molecule has 0 aliphatic carbocycles. The Kier molecular flexibility index (Phi) is 5.32. The van der Waals surface area contributed by atoms with Gasteiger partial charge < -0.3 is 14.5 Å². The van der Waals surface area contributed by atoms with Crippen molar-refractivity contribution in [1.82, 2.24) is 20.0 Å². The standard InChI is InChI=1S/C17H24N4O3/c1-13-3-4-16(24-13)11-20-9-14(5-7-18-17(22)12-23-2)21-15(10-20)6-8-19-21/h3-4,6,8,14H,5,7,9-12H2,1-2H3,(H,18,22)/t14-/m1/s1. The van der Waals surface area contributed by atoms with Crippen molar-refractivity contribution in [3.8, 4) is 0 Å². The molecular weight excluding hydrogens is 308 g/mol. The first kappa shape index (κ1) is 16.7. The van der Waals surface area contributed by atoms with Crippen LogP contribution >= 0.6 is 0 Å². The maximum atomic E-state index is 11.5. The van der Waals surface area contributed by atoms with Crippen LogP contribution < -0.4 is 5.32 Å². The van der Waals surface area contributed by atoms with Crippen molar-refractivity contribution in [2.24, 2.45) is 0 Å². The molecule has 130 valence electrons. The van der Waals surface area contributed by atoms with Crippen molar-refractivity contribution in [3.63, 3.8) is 0 Å². The lowest BCUT2D eigenvalue weighted by atomic mass is 10.1. The summed E-state index contributed by atoms with van der Waals surface area (Å²) in [5.74, 6) is 1.83. The molecule has 3 heterocycles. The Bertz CT molecular complexity index is 679.